The van der Waals surface area contributed by atoms with E-state index >= 15 is 0 Å². The predicted octanol–water partition coefficient (Wildman–Crippen LogP) is 2.13. The van der Waals surface area contributed by atoms with Crippen molar-refractivity contribution in [1.29, 1.82) is 0 Å². The van der Waals surface area contributed by atoms with Crippen molar-refractivity contribution >= 4 is 11.5 Å². The van der Waals surface area contributed by atoms with Crippen molar-refractivity contribution in [3.05, 3.63) is 52.8 Å². The first-order chi connectivity index (χ1) is 10.3. The first-order valence-corrected chi connectivity index (χ1v) is 6.49. The molecule has 3 aromatic rings. The topological polar surface area (TPSA) is 96.7 Å². The van der Waals surface area contributed by atoms with Crippen molar-refractivity contribution < 1.29 is 4.52 Å². The Morgan fingerprint density at radius 1 is 1.19 bits per heavy atom. The number of anilines is 2. The molecular weight excluding hydrogens is 270 g/mol. The number of hydrogen-bond donors (Lipinski definition) is 2. The summed E-state index contributed by atoms with van der Waals surface area (Å²) < 4.78 is 4.50. The minimum absolute atomic E-state index is 0.237. The zero-order valence-corrected chi connectivity index (χ0v) is 11.3. The summed E-state index contributed by atoms with van der Waals surface area (Å²) in [5.74, 6) is 0.0981. The summed E-state index contributed by atoms with van der Waals surface area (Å²) in [5, 5.41) is 6.78. The molecule has 0 saturated carbocycles. The molecule has 0 aliphatic rings. The third-order valence-electron chi connectivity index (χ3n) is 2.99. The molecule has 2 aromatic heterocycles. The van der Waals surface area contributed by atoms with Crippen molar-refractivity contribution in [1.82, 2.24) is 20.1 Å². The van der Waals surface area contributed by atoms with E-state index in [0.717, 1.165) is 12.1 Å². The molecule has 7 heteroatoms. The van der Waals surface area contributed by atoms with Crippen LogP contribution in [0.3, 0.4) is 0 Å². The fourth-order valence-electron chi connectivity index (χ4n) is 1.90. The summed E-state index contributed by atoms with van der Waals surface area (Å²) in [6, 6.07) is 8.00. The zero-order valence-electron chi connectivity index (χ0n) is 11.3. The van der Waals surface area contributed by atoms with Gasteiger partial charge in [0.2, 0.25) is 5.82 Å². The lowest BCUT2D eigenvalue weighted by atomic mass is 10.1. The van der Waals surface area contributed by atoms with Crippen LogP contribution < -0.4 is 11.1 Å². The Balaban J connectivity index is 1.93. The minimum atomic E-state index is -0.631. The van der Waals surface area contributed by atoms with Crippen LogP contribution in [0.5, 0.6) is 0 Å². The molecule has 0 aliphatic carbocycles. The minimum Gasteiger partial charge on any atom is -0.338 e. The third kappa shape index (κ3) is 2.81. The second kappa shape index (κ2) is 5.58. The molecule has 2 N–H and O–H groups in total. The number of aromatic nitrogens is 4. The zero-order chi connectivity index (χ0) is 14.7. The molecule has 7 nitrogen and oxygen atoms in total. The maximum atomic E-state index is 11.1. The van der Waals surface area contributed by atoms with Crippen LogP contribution in [0.25, 0.3) is 11.5 Å². The van der Waals surface area contributed by atoms with Crippen molar-refractivity contribution in [3.63, 3.8) is 0 Å². The van der Waals surface area contributed by atoms with Crippen LogP contribution in [0.1, 0.15) is 12.5 Å². The van der Waals surface area contributed by atoms with Crippen molar-refractivity contribution in [2.75, 3.05) is 5.32 Å². The van der Waals surface area contributed by atoms with E-state index in [1.165, 1.54) is 11.8 Å². The van der Waals surface area contributed by atoms with Gasteiger partial charge in [-0.25, -0.2) is 14.8 Å². The van der Waals surface area contributed by atoms with E-state index < -0.39 is 5.76 Å². The average molecular weight is 283 g/mol. The Hall–Kier alpha value is -2.96. The van der Waals surface area contributed by atoms with Crippen LogP contribution in [0.4, 0.5) is 11.5 Å². The normalized spacial score (nSPS) is 10.5. The molecule has 0 spiro atoms. The van der Waals surface area contributed by atoms with Crippen LogP contribution in [-0.4, -0.2) is 20.1 Å². The summed E-state index contributed by atoms with van der Waals surface area (Å²) in [6.45, 7) is 2.10. The molecule has 1 aromatic carbocycles. The lowest BCUT2D eigenvalue weighted by molar-refractivity contribution is 0.387. The van der Waals surface area contributed by atoms with Gasteiger partial charge in [-0.15, -0.1) is 0 Å². The molecule has 0 fully saturated rings. The van der Waals surface area contributed by atoms with Crippen LogP contribution in [0.15, 0.2) is 46.0 Å². The monoisotopic (exact) mass is 283 g/mol. The van der Waals surface area contributed by atoms with Gasteiger partial charge in [-0.2, -0.15) is 0 Å². The van der Waals surface area contributed by atoms with E-state index in [1.54, 1.807) is 6.20 Å². The number of aryl methyl sites for hydroxylation is 1. The van der Waals surface area contributed by atoms with Gasteiger partial charge in [0, 0.05) is 18.1 Å². The molecule has 106 valence electrons. The van der Waals surface area contributed by atoms with Crippen LogP contribution in [0, 0.1) is 0 Å². The Kier molecular flexibility index (Phi) is 3.46. The average Bonchev–Trinajstić information content (AvgIpc) is 2.95. The summed E-state index contributed by atoms with van der Waals surface area (Å²) in [4.78, 5) is 21.9. The highest BCUT2D eigenvalue weighted by atomic mass is 16.5. The van der Waals surface area contributed by atoms with E-state index in [-0.39, 0.29) is 5.82 Å². The molecule has 0 amide bonds. The molecule has 3 rings (SSSR count). The van der Waals surface area contributed by atoms with Gasteiger partial charge < -0.3 is 5.32 Å². The highest BCUT2D eigenvalue weighted by Crippen LogP contribution is 2.23. The summed E-state index contributed by atoms with van der Waals surface area (Å²) in [5.41, 5.74) is 2.54. The van der Waals surface area contributed by atoms with Gasteiger partial charge >= 0.3 is 5.76 Å². The van der Waals surface area contributed by atoms with Crippen LogP contribution >= 0.6 is 0 Å². The number of nitrogens with zero attached hydrogens (tertiary/aromatic N) is 3. The third-order valence-corrected chi connectivity index (χ3v) is 2.99. The van der Waals surface area contributed by atoms with Crippen molar-refractivity contribution in [2.45, 2.75) is 13.3 Å². The fourth-order valence-corrected chi connectivity index (χ4v) is 1.90. The van der Waals surface area contributed by atoms with Gasteiger partial charge in [-0.3, -0.25) is 9.51 Å². The first-order valence-electron chi connectivity index (χ1n) is 6.49. The maximum absolute atomic E-state index is 11.1. The van der Waals surface area contributed by atoms with Gasteiger partial charge in [0.1, 0.15) is 0 Å². The second-order valence-electron chi connectivity index (χ2n) is 4.37. The van der Waals surface area contributed by atoms with Crippen molar-refractivity contribution in [3.8, 4) is 11.5 Å². The highest BCUT2D eigenvalue weighted by molar-refractivity contribution is 5.70. The molecule has 0 saturated heterocycles. The lowest BCUT2D eigenvalue weighted by Gasteiger charge is -2.08. The molecule has 0 atom stereocenters. The van der Waals surface area contributed by atoms with E-state index in [4.69, 9.17) is 0 Å². The van der Waals surface area contributed by atoms with Gasteiger partial charge in [0.25, 0.3) is 0 Å². The second-order valence-corrected chi connectivity index (χ2v) is 4.37. The van der Waals surface area contributed by atoms with E-state index in [1.807, 2.05) is 24.3 Å². The number of H-pyrrole nitrogens is 1. The Morgan fingerprint density at radius 2 is 1.95 bits per heavy atom. The Morgan fingerprint density at radius 3 is 2.62 bits per heavy atom. The largest absolute Gasteiger partial charge is 0.439 e. The molecule has 2 heterocycles. The number of aromatic amines is 1. The summed E-state index contributed by atoms with van der Waals surface area (Å²) in [7, 11) is 0. The van der Waals surface area contributed by atoms with Crippen molar-refractivity contribution in [2.24, 2.45) is 0 Å². The predicted molar refractivity (Wildman–Crippen MR) is 77.3 cm³/mol. The van der Waals surface area contributed by atoms with Gasteiger partial charge in [-0.05, 0) is 24.1 Å². The van der Waals surface area contributed by atoms with E-state index in [9.17, 15) is 4.79 Å². The molecule has 0 radical (unpaired) electrons. The smallest absolute Gasteiger partial charge is 0.338 e. The quantitative estimate of drug-likeness (QED) is 0.761. The van der Waals surface area contributed by atoms with Gasteiger partial charge in [0.05, 0.1) is 0 Å². The van der Waals surface area contributed by atoms with E-state index in [0.29, 0.717) is 11.5 Å². The van der Waals surface area contributed by atoms with Crippen LogP contribution in [-0.2, 0) is 6.42 Å². The Bertz CT molecular complexity index is 791. The maximum Gasteiger partial charge on any atom is 0.439 e. The molecular formula is C14H13N5O2. The summed E-state index contributed by atoms with van der Waals surface area (Å²) >= 11 is 0. The first kappa shape index (κ1) is 13.0. The molecule has 0 aliphatic heterocycles. The number of nitrogens with one attached hydrogen (secondary N) is 2. The van der Waals surface area contributed by atoms with Crippen LogP contribution in [0.2, 0.25) is 0 Å². The lowest BCUT2D eigenvalue weighted by Crippen LogP contribution is -2.01. The van der Waals surface area contributed by atoms with Gasteiger partial charge in [-0.1, -0.05) is 24.2 Å². The molecule has 21 heavy (non-hydrogen) atoms. The van der Waals surface area contributed by atoms with Gasteiger partial charge in [0.15, 0.2) is 11.5 Å². The molecule has 0 unspecified atom stereocenters. The fraction of sp³-hybridized carbons (Fsp3) is 0.143. The number of hydrogen-bond acceptors (Lipinski definition) is 6. The molecule has 0 bridgehead atoms. The highest BCUT2D eigenvalue weighted by Gasteiger charge is 2.12. The standard InChI is InChI=1S/C14H13N5O2/c1-2-9-3-5-10(6-4-9)17-12-11(15-7-8-16-12)13-18-14(20)21-19-13/h3-8H,2H2,1H3,(H,16,17)(H,18,19,20). The number of rotatable bonds is 4. The SMILES string of the molecule is CCc1ccc(Nc2nccnc2-c2noc(=O)[nH]2)cc1. The van der Waals surface area contributed by atoms with E-state index in [2.05, 4.69) is 36.9 Å². The summed E-state index contributed by atoms with van der Waals surface area (Å²) in [6.07, 6.45) is 4.06. The Labute approximate surface area is 120 Å². The number of benzene rings is 1.